The Morgan fingerprint density at radius 2 is 1.92 bits per heavy atom. The summed E-state index contributed by atoms with van der Waals surface area (Å²) >= 11 is 7.28. The molecule has 140 valence electrons. The first-order chi connectivity index (χ1) is 11.6. The molecule has 1 aromatic rings. The van der Waals surface area contributed by atoms with Crippen LogP contribution in [0.15, 0.2) is 21.1 Å². The number of hydrogen-bond acceptors (Lipinski definition) is 3. The first kappa shape index (κ1) is 20.6. The van der Waals surface area contributed by atoms with Crippen LogP contribution in [-0.4, -0.2) is 35.7 Å². The Balaban J connectivity index is 2.02. The fourth-order valence-corrected chi connectivity index (χ4v) is 4.74. The van der Waals surface area contributed by atoms with E-state index in [0.717, 1.165) is 40.6 Å². The number of nitrogens with zero attached hydrogens (tertiary/aromatic N) is 1. The molecule has 1 fully saturated rings. The lowest BCUT2D eigenvalue weighted by Crippen LogP contribution is -2.46. The largest absolute Gasteiger partial charge is 0.444 e. The third kappa shape index (κ3) is 5.88. The maximum atomic E-state index is 12.4. The van der Waals surface area contributed by atoms with E-state index in [9.17, 15) is 4.79 Å². The van der Waals surface area contributed by atoms with Gasteiger partial charge in [0.15, 0.2) is 0 Å². The van der Waals surface area contributed by atoms with E-state index in [1.165, 1.54) is 5.56 Å². The average molecular weight is 476 g/mol. The van der Waals surface area contributed by atoms with Gasteiger partial charge >= 0.3 is 6.09 Å². The Hall–Kier alpha value is -0.750. The van der Waals surface area contributed by atoms with E-state index < -0.39 is 5.60 Å². The summed E-state index contributed by atoms with van der Waals surface area (Å²) in [5.41, 5.74) is 1.81. The van der Waals surface area contributed by atoms with Crippen LogP contribution in [0.5, 0.6) is 0 Å². The number of rotatable bonds is 3. The van der Waals surface area contributed by atoms with Gasteiger partial charge in [-0.05, 0) is 103 Å². The van der Waals surface area contributed by atoms with Crippen molar-refractivity contribution in [1.29, 1.82) is 0 Å². The van der Waals surface area contributed by atoms with E-state index in [-0.39, 0.29) is 12.1 Å². The summed E-state index contributed by atoms with van der Waals surface area (Å²) in [6.07, 6.45) is 1.91. The summed E-state index contributed by atoms with van der Waals surface area (Å²) in [6, 6.07) is 4.46. The Bertz CT molecular complexity index is 605. The highest BCUT2D eigenvalue weighted by molar-refractivity contribution is 9.11. The summed E-state index contributed by atoms with van der Waals surface area (Å²) in [5, 5.41) is 3.61. The lowest BCUT2D eigenvalue weighted by atomic mass is 9.91. The van der Waals surface area contributed by atoms with Crippen LogP contribution in [0.1, 0.15) is 46.1 Å². The highest BCUT2D eigenvalue weighted by Gasteiger charge is 2.30. The second kappa shape index (κ2) is 8.30. The molecule has 2 rings (SSSR count). The molecule has 0 bridgehead atoms. The van der Waals surface area contributed by atoms with E-state index >= 15 is 0 Å². The number of nitrogens with one attached hydrogen (secondary N) is 1. The zero-order valence-electron chi connectivity index (χ0n) is 15.7. The minimum atomic E-state index is -0.453. The van der Waals surface area contributed by atoms with Crippen LogP contribution in [0.3, 0.4) is 0 Å². The maximum Gasteiger partial charge on any atom is 0.410 e. The van der Waals surface area contributed by atoms with Crippen molar-refractivity contribution in [2.75, 3.05) is 18.4 Å². The lowest BCUT2D eigenvalue weighted by Gasteiger charge is -2.37. The van der Waals surface area contributed by atoms with E-state index in [2.05, 4.69) is 63.2 Å². The molecule has 1 heterocycles. The number of aryl methyl sites for hydroxylation is 1. The summed E-state index contributed by atoms with van der Waals surface area (Å²) < 4.78 is 7.62. The Morgan fingerprint density at radius 1 is 1.32 bits per heavy atom. The van der Waals surface area contributed by atoms with Crippen LogP contribution in [0.4, 0.5) is 10.5 Å². The smallest absolute Gasteiger partial charge is 0.410 e. The zero-order chi connectivity index (χ0) is 18.8. The molecule has 1 aromatic carbocycles. The van der Waals surface area contributed by atoms with Gasteiger partial charge in [-0.15, -0.1) is 0 Å². The molecule has 0 aliphatic carbocycles. The van der Waals surface area contributed by atoms with Gasteiger partial charge in [0.1, 0.15) is 5.60 Å². The number of hydrogen-bond donors (Lipinski definition) is 1. The van der Waals surface area contributed by atoms with Gasteiger partial charge in [0.2, 0.25) is 0 Å². The fourth-order valence-electron chi connectivity index (χ4n) is 3.09. The third-order valence-electron chi connectivity index (χ3n) is 4.38. The number of carbonyl (C=O) groups is 1. The summed E-state index contributed by atoms with van der Waals surface area (Å²) in [7, 11) is 0. The van der Waals surface area contributed by atoms with Crippen LogP contribution in [0.2, 0.25) is 0 Å². The predicted octanol–water partition coefficient (Wildman–Crippen LogP) is 5.97. The van der Waals surface area contributed by atoms with Gasteiger partial charge in [0, 0.05) is 28.1 Å². The fraction of sp³-hybridized carbons (Fsp3) is 0.632. The minimum absolute atomic E-state index is 0.206. The van der Waals surface area contributed by atoms with Gasteiger partial charge in [-0.3, -0.25) is 0 Å². The van der Waals surface area contributed by atoms with Crippen molar-refractivity contribution >= 4 is 43.6 Å². The van der Waals surface area contributed by atoms with Crippen molar-refractivity contribution in [3.05, 3.63) is 26.6 Å². The maximum absolute atomic E-state index is 12.4. The molecule has 0 spiro atoms. The van der Waals surface area contributed by atoms with Crippen LogP contribution in [-0.2, 0) is 4.74 Å². The minimum Gasteiger partial charge on any atom is -0.444 e. The van der Waals surface area contributed by atoms with Crippen LogP contribution in [0, 0.1) is 12.8 Å². The highest BCUT2D eigenvalue weighted by Crippen LogP contribution is 2.34. The molecular weight excluding hydrogens is 448 g/mol. The zero-order valence-corrected chi connectivity index (χ0v) is 18.8. The topological polar surface area (TPSA) is 41.6 Å². The van der Waals surface area contributed by atoms with Gasteiger partial charge < -0.3 is 15.0 Å². The molecule has 1 N–H and O–H groups in total. The molecule has 2 unspecified atom stereocenters. The highest BCUT2D eigenvalue weighted by atomic mass is 79.9. The van der Waals surface area contributed by atoms with E-state index in [1.807, 2.05) is 25.7 Å². The molecule has 0 saturated carbocycles. The molecule has 25 heavy (non-hydrogen) atoms. The molecule has 4 nitrogen and oxygen atoms in total. The third-order valence-corrected chi connectivity index (χ3v) is 5.63. The number of likely N-dealkylation sites (tertiary alicyclic amines) is 1. The van der Waals surface area contributed by atoms with E-state index in [0.29, 0.717) is 5.92 Å². The SMILES string of the molecule is Cc1cc(Br)c(NC(C)C2CCCN(C(=O)OC(C)(C)C)C2)c(Br)c1. The monoisotopic (exact) mass is 474 g/mol. The predicted molar refractivity (Wildman–Crippen MR) is 110 cm³/mol. The van der Waals surface area contributed by atoms with Crippen molar-refractivity contribution in [3.63, 3.8) is 0 Å². The first-order valence-electron chi connectivity index (χ1n) is 8.77. The van der Waals surface area contributed by atoms with E-state index in [1.54, 1.807) is 0 Å². The summed E-state index contributed by atoms with van der Waals surface area (Å²) in [5.74, 6) is 0.390. The number of anilines is 1. The summed E-state index contributed by atoms with van der Waals surface area (Å²) in [6.45, 7) is 11.5. The molecule has 1 aliphatic rings. The van der Waals surface area contributed by atoms with Crippen LogP contribution in [0.25, 0.3) is 0 Å². The molecule has 0 radical (unpaired) electrons. The van der Waals surface area contributed by atoms with Gasteiger partial charge in [0.25, 0.3) is 0 Å². The average Bonchev–Trinajstić information content (AvgIpc) is 2.49. The molecule has 0 aromatic heterocycles. The van der Waals surface area contributed by atoms with Crippen molar-refractivity contribution < 1.29 is 9.53 Å². The lowest BCUT2D eigenvalue weighted by molar-refractivity contribution is 0.0159. The van der Waals surface area contributed by atoms with Gasteiger partial charge in [-0.25, -0.2) is 4.79 Å². The first-order valence-corrected chi connectivity index (χ1v) is 10.4. The number of benzene rings is 1. The molecule has 2 atom stereocenters. The van der Waals surface area contributed by atoms with E-state index in [4.69, 9.17) is 4.74 Å². The summed E-state index contributed by atoms with van der Waals surface area (Å²) in [4.78, 5) is 14.2. The number of ether oxygens (including phenoxy) is 1. The van der Waals surface area contributed by atoms with Crippen LogP contribution >= 0.6 is 31.9 Å². The quantitative estimate of drug-likeness (QED) is 0.585. The Morgan fingerprint density at radius 3 is 2.48 bits per heavy atom. The van der Waals surface area contributed by atoms with Gasteiger partial charge in [0.05, 0.1) is 5.69 Å². The Kier molecular flexibility index (Phi) is 6.82. The second-order valence-corrected chi connectivity index (χ2v) is 9.57. The number of halogens is 2. The molecular formula is C19H28Br2N2O2. The van der Waals surface area contributed by atoms with Crippen molar-refractivity contribution in [3.8, 4) is 0 Å². The standard InChI is InChI=1S/C19H28Br2N2O2/c1-12-9-15(20)17(16(21)10-12)22-13(2)14-7-6-8-23(11-14)18(24)25-19(3,4)5/h9-10,13-14,22H,6-8,11H2,1-5H3. The van der Waals surface area contributed by atoms with Crippen molar-refractivity contribution in [2.24, 2.45) is 5.92 Å². The molecule has 1 amide bonds. The van der Waals surface area contributed by atoms with Gasteiger partial charge in [-0.2, -0.15) is 0 Å². The van der Waals surface area contributed by atoms with Crippen molar-refractivity contribution in [1.82, 2.24) is 4.90 Å². The molecule has 1 aliphatic heterocycles. The molecule has 1 saturated heterocycles. The van der Waals surface area contributed by atoms with Crippen LogP contribution < -0.4 is 5.32 Å². The number of amides is 1. The number of carbonyl (C=O) groups excluding carboxylic acids is 1. The van der Waals surface area contributed by atoms with Crippen molar-refractivity contribution in [2.45, 2.75) is 59.1 Å². The second-order valence-electron chi connectivity index (χ2n) is 7.87. The normalized spacial score (nSPS) is 19.5. The van der Waals surface area contributed by atoms with Gasteiger partial charge in [-0.1, -0.05) is 0 Å². The molecule has 6 heteroatoms. The Labute approximate surface area is 167 Å². The number of piperidine rings is 1.